The summed E-state index contributed by atoms with van der Waals surface area (Å²) in [6.45, 7) is 0.310. The minimum Gasteiger partial charge on any atom is -0.325 e. The van der Waals surface area contributed by atoms with Crippen molar-refractivity contribution in [2.24, 2.45) is 5.73 Å². The Morgan fingerprint density at radius 2 is 2.00 bits per heavy atom. The van der Waals surface area contributed by atoms with E-state index in [1.165, 1.54) is 12.1 Å². The number of benzene rings is 1. The summed E-state index contributed by atoms with van der Waals surface area (Å²) in [6, 6.07) is 11.8. The fraction of sp³-hybridized carbons (Fsp3) is 0.0667. The lowest BCUT2D eigenvalue weighted by Gasteiger charge is -2.05. The summed E-state index contributed by atoms with van der Waals surface area (Å²) >= 11 is 0. The van der Waals surface area contributed by atoms with Gasteiger partial charge in [0.2, 0.25) is 0 Å². The summed E-state index contributed by atoms with van der Waals surface area (Å²) in [5.74, 6) is 0. The standard InChI is InChI=1S/C15H13N5O2/c16-9-14-8-15(11-2-1-7-17-10-11)18-19(14)12-3-5-13(6-4-12)20(21)22/h1-8,10H,9,16H2. The minimum absolute atomic E-state index is 0.0395. The van der Waals surface area contributed by atoms with Crippen molar-refractivity contribution in [2.75, 3.05) is 0 Å². The van der Waals surface area contributed by atoms with Crippen LogP contribution in [0.5, 0.6) is 0 Å². The first-order valence-corrected chi connectivity index (χ1v) is 6.63. The maximum absolute atomic E-state index is 10.7. The maximum Gasteiger partial charge on any atom is 0.269 e. The Bertz CT molecular complexity index is 797. The van der Waals surface area contributed by atoms with Gasteiger partial charge in [0.25, 0.3) is 5.69 Å². The molecule has 110 valence electrons. The lowest BCUT2D eigenvalue weighted by atomic mass is 10.2. The molecule has 0 aliphatic rings. The number of aromatic nitrogens is 3. The quantitative estimate of drug-likeness (QED) is 0.588. The largest absolute Gasteiger partial charge is 0.325 e. The molecule has 0 amide bonds. The topological polar surface area (TPSA) is 99.9 Å². The molecule has 0 aliphatic heterocycles. The third kappa shape index (κ3) is 2.57. The van der Waals surface area contributed by atoms with Crippen LogP contribution in [0.4, 0.5) is 5.69 Å². The summed E-state index contributed by atoms with van der Waals surface area (Å²) < 4.78 is 1.69. The van der Waals surface area contributed by atoms with Gasteiger partial charge in [-0.15, -0.1) is 0 Å². The van der Waals surface area contributed by atoms with Crippen LogP contribution < -0.4 is 5.73 Å². The average Bonchev–Trinajstić information content (AvgIpc) is 3.00. The second kappa shape index (κ2) is 5.74. The fourth-order valence-corrected chi connectivity index (χ4v) is 2.16. The number of nitrogens with zero attached hydrogens (tertiary/aromatic N) is 4. The van der Waals surface area contributed by atoms with Crippen LogP contribution in [-0.4, -0.2) is 19.7 Å². The molecule has 2 N–H and O–H groups in total. The van der Waals surface area contributed by atoms with E-state index in [9.17, 15) is 10.1 Å². The molecule has 0 spiro atoms. The molecule has 0 radical (unpaired) electrons. The Balaban J connectivity index is 2.03. The van der Waals surface area contributed by atoms with Gasteiger partial charge in [-0.1, -0.05) is 0 Å². The average molecular weight is 295 g/mol. The van der Waals surface area contributed by atoms with E-state index in [0.29, 0.717) is 6.54 Å². The molecular formula is C15H13N5O2. The van der Waals surface area contributed by atoms with Crippen LogP contribution in [0.2, 0.25) is 0 Å². The molecule has 0 aliphatic carbocycles. The van der Waals surface area contributed by atoms with Gasteiger partial charge in [0, 0.05) is 36.6 Å². The van der Waals surface area contributed by atoms with Gasteiger partial charge in [-0.3, -0.25) is 15.1 Å². The van der Waals surface area contributed by atoms with E-state index in [4.69, 9.17) is 5.73 Å². The van der Waals surface area contributed by atoms with Gasteiger partial charge in [0.05, 0.1) is 22.0 Å². The number of non-ortho nitro benzene ring substituents is 1. The second-order valence-electron chi connectivity index (χ2n) is 4.65. The lowest BCUT2D eigenvalue weighted by molar-refractivity contribution is -0.384. The normalized spacial score (nSPS) is 10.6. The van der Waals surface area contributed by atoms with E-state index in [2.05, 4.69) is 10.1 Å². The molecule has 3 rings (SSSR count). The highest BCUT2D eigenvalue weighted by atomic mass is 16.6. The Morgan fingerprint density at radius 3 is 2.59 bits per heavy atom. The van der Waals surface area contributed by atoms with Crippen LogP contribution in [0.25, 0.3) is 16.9 Å². The van der Waals surface area contributed by atoms with Crippen LogP contribution in [0.1, 0.15) is 5.69 Å². The van der Waals surface area contributed by atoms with E-state index in [-0.39, 0.29) is 5.69 Å². The molecule has 0 fully saturated rings. The molecular weight excluding hydrogens is 282 g/mol. The van der Waals surface area contributed by atoms with E-state index in [1.807, 2.05) is 18.2 Å². The third-order valence-corrected chi connectivity index (χ3v) is 3.25. The Kier molecular flexibility index (Phi) is 3.63. The SMILES string of the molecule is NCc1cc(-c2cccnc2)nn1-c1ccc([N+](=O)[O-])cc1. The summed E-state index contributed by atoms with van der Waals surface area (Å²) in [5, 5.41) is 15.2. The first-order chi connectivity index (χ1) is 10.7. The zero-order valence-electron chi connectivity index (χ0n) is 11.6. The molecule has 3 aromatic rings. The van der Waals surface area contributed by atoms with Gasteiger partial charge in [0.1, 0.15) is 0 Å². The van der Waals surface area contributed by atoms with Crippen LogP contribution >= 0.6 is 0 Å². The smallest absolute Gasteiger partial charge is 0.269 e. The number of pyridine rings is 1. The highest BCUT2D eigenvalue weighted by Gasteiger charge is 2.11. The van der Waals surface area contributed by atoms with Crippen molar-refractivity contribution >= 4 is 5.69 Å². The number of nitro benzene ring substituents is 1. The molecule has 0 unspecified atom stereocenters. The van der Waals surface area contributed by atoms with Gasteiger partial charge in [-0.2, -0.15) is 5.10 Å². The zero-order valence-corrected chi connectivity index (χ0v) is 11.6. The lowest BCUT2D eigenvalue weighted by Crippen LogP contribution is -2.06. The number of rotatable bonds is 4. The molecule has 7 heteroatoms. The zero-order chi connectivity index (χ0) is 15.5. The van der Waals surface area contributed by atoms with Gasteiger partial charge in [0.15, 0.2) is 0 Å². The first-order valence-electron chi connectivity index (χ1n) is 6.63. The summed E-state index contributed by atoms with van der Waals surface area (Å²) in [5.41, 5.74) is 8.99. The maximum atomic E-state index is 10.7. The van der Waals surface area contributed by atoms with E-state index in [1.54, 1.807) is 29.2 Å². The molecule has 22 heavy (non-hydrogen) atoms. The van der Waals surface area contributed by atoms with Crippen molar-refractivity contribution < 1.29 is 4.92 Å². The summed E-state index contributed by atoms with van der Waals surface area (Å²) in [4.78, 5) is 14.4. The van der Waals surface area contributed by atoms with Crippen molar-refractivity contribution in [1.82, 2.24) is 14.8 Å². The van der Waals surface area contributed by atoms with Gasteiger partial charge in [-0.05, 0) is 30.3 Å². The molecule has 2 heterocycles. The highest BCUT2D eigenvalue weighted by Crippen LogP contribution is 2.22. The molecule has 2 aromatic heterocycles. The second-order valence-corrected chi connectivity index (χ2v) is 4.65. The number of nitrogens with two attached hydrogens (primary N) is 1. The predicted octanol–water partition coefficient (Wildman–Crippen LogP) is 2.30. The van der Waals surface area contributed by atoms with E-state index >= 15 is 0 Å². The Morgan fingerprint density at radius 1 is 1.23 bits per heavy atom. The Labute approximate surface area is 126 Å². The van der Waals surface area contributed by atoms with Crippen molar-refractivity contribution in [3.05, 3.63) is 70.7 Å². The van der Waals surface area contributed by atoms with Gasteiger partial charge in [-0.25, -0.2) is 4.68 Å². The molecule has 1 aromatic carbocycles. The van der Waals surface area contributed by atoms with Crippen molar-refractivity contribution in [2.45, 2.75) is 6.54 Å². The molecule has 0 atom stereocenters. The molecule has 7 nitrogen and oxygen atoms in total. The molecule has 0 bridgehead atoms. The number of hydrogen-bond donors (Lipinski definition) is 1. The number of hydrogen-bond acceptors (Lipinski definition) is 5. The van der Waals surface area contributed by atoms with Crippen molar-refractivity contribution in [3.63, 3.8) is 0 Å². The monoisotopic (exact) mass is 295 g/mol. The minimum atomic E-state index is -0.433. The Hall–Kier alpha value is -3.06. The molecule has 0 saturated carbocycles. The van der Waals surface area contributed by atoms with Crippen LogP contribution in [0.3, 0.4) is 0 Å². The molecule has 0 saturated heterocycles. The summed E-state index contributed by atoms with van der Waals surface area (Å²) in [6.07, 6.45) is 3.42. The number of nitro groups is 1. The van der Waals surface area contributed by atoms with Crippen LogP contribution in [0.15, 0.2) is 54.9 Å². The van der Waals surface area contributed by atoms with Crippen molar-refractivity contribution in [1.29, 1.82) is 0 Å². The van der Waals surface area contributed by atoms with Crippen LogP contribution in [0, 0.1) is 10.1 Å². The van der Waals surface area contributed by atoms with Crippen LogP contribution in [-0.2, 0) is 6.54 Å². The van der Waals surface area contributed by atoms with Crippen molar-refractivity contribution in [3.8, 4) is 16.9 Å². The van der Waals surface area contributed by atoms with E-state index < -0.39 is 4.92 Å². The fourth-order valence-electron chi connectivity index (χ4n) is 2.16. The third-order valence-electron chi connectivity index (χ3n) is 3.25. The summed E-state index contributed by atoms with van der Waals surface area (Å²) in [7, 11) is 0. The predicted molar refractivity (Wildman–Crippen MR) is 81.3 cm³/mol. The highest BCUT2D eigenvalue weighted by molar-refractivity contribution is 5.59. The first kappa shape index (κ1) is 13.9. The van der Waals surface area contributed by atoms with Gasteiger partial charge >= 0.3 is 0 Å². The van der Waals surface area contributed by atoms with E-state index in [0.717, 1.165) is 22.6 Å². The van der Waals surface area contributed by atoms with Gasteiger partial charge < -0.3 is 5.73 Å².